The highest BCUT2D eigenvalue weighted by atomic mass is 16.6. The van der Waals surface area contributed by atoms with Crippen LogP contribution in [0, 0.1) is 0 Å². The molecule has 1 aromatic rings. The summed E-state index contributed by atoms with van der Waals surface area (Å²) in [6, 6.07) is 4.03. The van der Waals surface area contributed by atoms with Gasteiger partial charge in [-0.15, -0.1) is 0 Å². The lowest BCUT2D eigenvalue weighted by Crippen LogP contribution is -2.45. The fourth-order valence-electron chi connectivity index (χ4n) is 2.94. The maximum atomic E-state index is 12.3. The van der Waals surface area contributed by atoms with Crippen LogP contribution < -0.4 is 10.3 Å². The minimum Gasteiger partial charge on any atom is -0.444 e. The summed E-state index contributed by atoms with van der Waals surface area (Å²) in [5, 5.41) is 7.15. The van der Waals surface area contributed by atoms with Gasteiger partial charge in [-0.3, -0.25) is 10.0 Å². The third-order valence-corrected chi connectivity index (χ3v) is 4.09. The fourth-order valence-corrected chi connectivity index (χ4v) is 2.94. The molecular formula is C18H29N5O2. The van der Waals surface area contributed by atoms with E-state index in [1.807, 2.05) is 57.0 Å². The number of anilines is 2. The number of nitrogens with zero attached hydrogens (tertiary/aromatic N) is 4. The molecule has 1 N–H and O–H groups in total. The molecule has 1 aliphatic rings. The molecule has 0 unspecified atom stereocenters. The summed E-state index contributed by atoms with van der Waals surface area (Å²) in [5.74, 6) is 0.791. The number of hydrogen-bond acceptors (Lipinski definition) is 6. The number of hydrazine groups is 1. The van der Waals surface area contributed by atoms with Crippen LogP contribution in [0.5, 0.6) is 0 Å². The van der Waals surface area contributed by atoms with E-state index in [2.05, 4.69) is 16.9 Å². The van der Waals surface area contributed by atoms with E-state index in [-0.39, 0.29) is 12.1 Å². The molecule has 0 bridgehead atoms. The van der Waals surface area contributed by atoms with E-state index < -0.39 is 5.60 Å². The summed E-state index contributed by atoms with van der Waals surface area (Å²) >= 11 is 0. The minimum absolute atomic E-state index is 0.139. The Morgan fingerprint density at radius 3 is 2.84 bits per heavy atom. The van der Waals surface area contributed by atoms with Crippen molar-refractivity contribution in [3.63, 3.8) is 0 Å². The van der Waals surface area contributed by atoms with Gasteiger partial charge in [0.05, 0.1) is 11.7 Å². The average Bonchev–Trinajstić information content (AvgIpc) is 3.03. The zero-order chi connectivity index (χ0) is 18.6. The fraction of sp³-hybridized carbons (Fsp3) is 0.556. The van der Waals surface area contributed by atoms with Crippen LogP contribution in [0.15, 0.2) is 31.1 Å². The molecule has 1 aromatic heterocycles. The number of carbonyl (C=O) groups is 1. The Bertz CT molecular complexity index is 614. The number of rotatable bonds is 5. The number of pyridine rings is 1. The van der Waals surface area contributed by atoms with Crippen molar-refractivity contribution in [2.24, 2.45) is 0 Å². The Balaban J connectivity index is 2.09. The van der Waals surface area contributed by atoms with E-state index in [0.29, 0.717) is 13.1 Å². The van der Waals surface area contributed by atoms with Gasteiger partial charge in [-0.25, -0.2) is 9.78 Å². The first-order valence-electron chi connectivity index (χ1n) is 8.52. The van der Waals surface area contributed by atoms with Crippen LogP contribution in [-0.4, -0.2) is 59.8 Å². The molecular weight excluding hydrogens is 318 g/mol. The Kier molecular flexibility index (Phi) is 5.77. The second-order valence-corrected chi connectivity index (χ2v) is 7.08. The number of likely N-dealkylation sites (tertiary alicyclic amines) is 1. The van der Waals surface area contributed by atoms with Crippen molar-refractivity contribution in [2.45, 2.75) is 38.8 Å². The topological polar surface area (TPSA) is 60.9 Å². The highest BCUT2D eigenvalue weighted by Gasteiger charge is 2.33. The zero-order valence-corrected chi connectivity index (χ0v) is 15.8. The first kappa shape index (κ1) is 18.9. The van der Waals surface area contributed by atoms with Crippen molar-refractivity contribution in [3.05, 3.63) is 31.1 Å². The van der Waals surface area contributed by atoms with Crippen LogP contribution in [0.25, 0.3) is 0 Å². The van der Waals surface area contributed by atoms with Crippen molar-refractivity contribution in [1.82, 2.24) is 14.9 Å². The molecule has 2 rings (SSSR count). The quantitative estimate of drug-likeness (QED) is 0.827. The smallest absolute Gasteiger partial charge is 0.410 e. The first-order chi connectivity index (χ1) is 11.8. The summed E-state index contributed by atoms with van der Waals surface area (Å²) in [6.07, 6.45) is 4.13. The van der Waals surface area contributed by atoms with Gasteiger partial charge in [-0.1, -0.05) is 6.58 Å². The Labute approximate surface area is 150 Å². The zero-order valence-electron chi connectivity index (χ0n) is 15.8. The molecule has 0 aromatic carbocycles. The summed E-state index contributed by atoms with van der Waals surface area (Å²) in [4.78, 5) is 18.4. The molecule has 138 valence electrons. The number of ether oxygens (including phenoxy) is 1. The summed E-state index contributed by atoms with van der Waals surface area (Å²) < 4.78 is 5.47. The maximum Gasteiger partial charge on any atom is 0.410 e. The van der Waals surface area contributed by atoms with Gasteiger partial charge >= 0.3 is 6.09 Å². The van der Waals surface area contributed by atoms with Crippen LogP contribution in [0.2, 0.25) is 0 Å². The molecule has 7 nitrogen and oxygen atoms in total. The first-order valence-corrected chi connectivity index (χ1v) is 8.52. The SMILES string of the molecule is C=CN([C@@H]1CCN(C(=O)OC(C)(C)C)C1)N(C)c1cccnc1NC. The molecule has 1 aliphatic heterocycles. The Morgan fingerprint density at radius 1 is 1.52 bits per heavy atom. The summed E-state index contributed by atoms with van der Waals surface area (Å²) in [7, 11) is 3.81. The van der Waals surface area contributed by atoms with Crippen LogP contribution >= 0.6 is 0 Å². The van der Waals surface area contributed by atoms with Gasteiger partial charge in [-0.05, 0) is 39.3 Å². The molecule has 2 heterocycles. The average molecular weight is 347 g/mol. The minimum atomic E-state index is -0.485. The van der Waals surface area contributed by atoms with Crippen molar-refractivity contribution < 1.29 is 9.53 Å². The number of carbonyl (C=O) groups excluding carboxylic acids is 1. The summed E-state index contributed by atoms with van der Waals surface area (Å²) in [5.41, 5.74) is 0.460. The lowest BCUT2D eigenvalue weighted by atomic mass is 10.2. The molecule has 0 aliphatic carbocycles. The monoisotopic (exact) mass is 347 g/mol. The highest BCUT2D eigenvalue weighted by molar-refractivity contribution is 5.68. The molecule has 0 radical (unpaired) electrons. The standard InChI is InChI=1S/C18H29N5O2/c1-7-23(21(6)15-9-8-11-20-16(15)19-5)14-10-12-22(13-14)17(24)25-18(2,3)4/h7-9,11,14H,1,10,12-13H2,2-6H3,(H,19,20)/t14-/m1/s1. The molecule has 1 atom stereocenters. The Morgan fingerprint density at radius 2 is 2.24 bits per heavy atom. The third-order valence-electron chi connectivity index (χ3n) is 4.09. The van der Waals surface area contributed by atoms with Gasteiger partial charge in [0.25, 0.3) is 0 Å². The van der Waals surface area contributed by atoms with E-state index in [0.717, 1.165) is 17.9 Å². The van der Waals surface area contributed by atoms with E-state index in [1.54, 1.807) is 17.3 Å². The van der Waals surface area contributed by atoms with Crippen molar-refractivity contribution >= 4 is 17.6 Å². The largest absolute Gasteiger partial charge is 0.444 e. The third kappa shape index (κ3) is 4.55. The predicted octanol–water partition coefficient (Wildman–Crippen LogP) is 2.93. The number of aromatic nitrogens is 1. The second-order valence-electron chi connectivity index (χ2n) is 7.08. The second kappa shape index (κ2) is 7.63. The van der Waals surface area contributed by atoms with Crippen molar-refractivity contribution in [3.8, 4) is 0 Å². The van der Waals surface area contributed by atoms with Crippen LogP contribution in [-0.2, 0) is 4.74 Å². The highest BCUT2D eigenvalue weighted by Crippen LogP contribution is 2.27. The van der Waals surface area contributed by atoms with Gasteiger partial charge in [-0.2, -0.15) is 0 Å². The molecule has 1 saturated heterocycles. The normalized spacial score (nSPS) is 17.2. The Hall–Kier alpha value is -2.44. The van der Waals surface area contributed by atoms with Crippen LogP contribution in [0.3, 0.4) is 0 Å². The van der Waals surface area contributed by atoms with Gasteiger partial charge < -0.3 is 15.0 Å². The lowest BCUT2D eigenvalue weighted by molar-refractivity contribution is 0.0284. The molecule has 7 heteroatoms. The van der Waals surface area contributed by atoms with Crippen molar-refractivity contribution in [1.29, 1.82) is 0 Å². The number of nitrogens with one attached hydrogen (secondary N) is 1. The maximum absolute atomic E-state index is 12.3. The predicted molar refractivity (Wildman–Crippen MR) is 100 cm³/mol. The number of amides is 1. The lowest BCUT2D eigenvalue weighted by Gasteiger charge is -2.37. The molecule has 0 saturated carbocycles. The summed E-state index contributed by atoms with van der Waals surface area (Å²) in [6.45, 7) is 10.9. The van der Waals surface area contributed by atoms with Gasteiger partial charge in [0.2, 0.25) is 0 Å². The van der Waals surface area contributed by atoms with Gasteiger partial charge in [0.1, 0.15) is 5.60 Å². The van der Waals surface area contributed by atoms with Crippen molar-refractivity contribution in [2.75, 3.05) is 37.5 Å². The van der Waals surface area contributed by atoms with Crippen LogP contribution in [0.1, 0.15) is 27.2 Å². The molecule has 0 spiro atoms. The van der Waals surface area contributed by atoms with E-state index in [9.17, 15) is 4.79 Å². The molecule has 1 amide bonds. The van der Waals surface area contributed by atoms with Crippen LogP contribution in [0.4, 0.5) is 16.3 Å². The van der Waals surface area contributed by atoms with E-state index >= 15 is 0 Å². The van der Waals surface area contributed by atoms with Gasteiger partial charge in [0, 0.05) is 39.6 Å². The van der Waals surface area contributed by atoms with Gasteiger partial charge in [0.15, 0.2) is 5.82 Å². The van der Waals surface area contributed by atoms with E-state index in [4.69, 9.17) is 4.74 Å². The van der Waals surface area contributed by atoms with E-state index in [1.165, 1.54) is 0 Å². The molecule has 1 fully saturated rings. The molecule has 25 heavy (non-hydrogen) atoms. The number of hydrogen-bond donors (Lipinski definition) is 1.